The summed E-state index contributed by atoms with van der Waals surface area (Å²) in [6.07, 6.45) is 3.75. The van der Waals surface area contributed by atoms with E-state index >= 15 is 0 Å². The van der Waals surface area contributed by atoms with Crippen molar-refractivity contribution in [2.45, 2.75) is 52.6 Å². The second-order valence-corrected chi connectivity index (χ2v) is 4.27. The van der Waals surface area contributed by atoms with Crippen molar-refractivity contribution in [3.8, 4) is 0 Å². The smallest absolute Gasteiger partial charge is 0.138 e. The Labute approximate surface area is 92.1 Å². The molecule has 1 atom stereocenters. The van der Waals surface area contributed by atoms with E-state index in [0.717, 1.165) is 18.8 Å². The maximum absolute atomic E-state index is 4.30. The number of nitrogens with one attached hydrogen (secondary N) is 1. The molecule has 0 saturated carbocycles. The Balaban J connectivity index is 2.52. The predicted octanol–water partition coefficient (Wildman–Crippen LogP) is 1.79. The summed E-state index contributed by atoms with van der Waals surface area (Å²) in [6.45, 7) is 9.69. The standard InChI is InChI=1S/C11H22N4/c1-5-6-12-10(4)7-11-13-8-14-15(11)9(2)3/h8-10,12H,5-7H2,1-4H3. The van der Waals surface area contributed by atoms with E-state index in [-0.39, 0.29) is 0 Å². The lowest BCUT2D eigenvalue weighted by Crippen LogP contribution is -2.30. The largest absolute Gasteiger partial charge is 0.314 e. The van der Waals surface area contributed by atoms with Crippen molar-refractivity contribution < 1.29 is 0 Å². The van der Waals surface area contributed by atoms with Gasteiger partial charge in [0.15, 0.2) is 0 Å². The molecule has 0 saturated heterocycles. The van der Waals surface area contributed by atoms with Crippen LogP contribution >= 0.6 is 0 Å². The molecule has 0 aliphatic carbocycles. The molecule has 0 amide bonds. The van der Waals surface area contributed by atoms with Gasteiger partial charge in [0.2, 0.25) is 0 Å². The van der Waals surface area contributed by atoms with Crippen LogP contribution in [-0.4, -0.2) is 27.4 Å². The van der Waals surface area contributed by atoms with Gasteiger partial charge in [0.05, 0.1) is 0 Å². The van der Waals surface area contributed by atoms with Crippen molar-refractivity contribution in [2.24, 2.45) is 0 Å². The van der Waals surface area contributed by atoms with Crippen LogP contribution in [0.4, 0.5) is 0 Å². The van der Waals surface area contributed by atoms with Gasteiger partial charge in [-0.3, -0.25) is 0 Å². The summed E-state index contributed by atoms with van der Waals surface area (Å²) in [5.74, 6) is 1.07. The predicted molar refractivity (Wildman–Crippen MR) is 61.9 cm³/mol. The molecule has 1 N–H and O–H groups in total. The fraction of sp³-hybridized carbons (Fsp3) is 0.818. The summed E-state index contributed by atoms with van der Waals surface area (Å²) in [7, 11) is 0. The fourth-order valence-corrected chi connectivity index (χ4v) is 1.59. The molecule has 4 nitrogen and oxygen atoms in total. The van der Waals surface area contributed by atoms with Gasteiger partial charge in [-0.15, -0.1) is 0 Å². The number of hydrogen-bond donors (Lipinski definition) is 1. The molecule has 1 aromatic heterocycles. The molecule has 15 heavy (non-hydrogen) atoms. The van der Waals surface area contributed by atoms with Crippen LogP contribution in [0.5, 0.6) is 0 Å². The monoisotopic (exact) mass is 210 g/mol. The molecule has 0 fully saturated rings. The third-order valence-corrected chi connectivity index (χ3v) is 2.37. The Morgan fingerprint density at radius 1 is 1.40 bits per heavy atom. The molecular formula is C11H22N4. The molecule has 4 heteroatoms. The Kier molecular flexibility index (Phi) is 4.75. The zero-order valence-electron chi connectivity index (χ0n) is 10.2. The van der Waals surface area contributed by atoms with Crippen LogP contribution in [0.2, 0.25) is 0 Å². The van der Waals surface area contributed by atoms with Crippen molar-refractivity contribution in [1.29, 1.82) is 0 Å². The van der Waals surface area contributed by atoms with E-state index in [1.54, 1.807) is 6.33 Å². The highest BCUT2D eigenvalue weighted by molar-refractivity contribution is 4.90. The SMILES string of the molecule is CCCNC(C)Cc1ncnn1C(C)C. The van der Waals surface area contributed by atoms with Crippen LogP contribution in [0.25, 0.3) is 0 Å². The first-order valence-electron chi connectivity index (χ1n) is 5.76. The van der Waals surface area contributed by atoms with Crippen LogP contribution in [0.3, 0.4) is 0 Å². The molecule has 1 aromatic rings. The summed E-state index contributed by atoms with van der Waals surface area (Å²) in [6, 6.07) is 0.854. The average Bonchev–Trinajstić information content (AvgIpc) is 2.62. The molecule has 0 aliphatic rings. The van der Waals surface area contributed by atoms with E-state index in [4.69, 9.17) is 0 Å². The Morgan fingerprint density at radius 2 is 2.13 bits per heavy atom. The first-order chi connectivity index (χ1) is 7.15. The van der Waals surface area contributed by atoms with Gasteiger partial charge in [-0.2, -0.15) is 5.10 Å². The summed E-state index contributed by atoms with van der Waals surface area (Å²) >= 11 is 0. The van der Waals surface area contributed by atoms with Crippen LogP contribution in [0.1, 0.15) is 46.0 Å². The lowest BCUT2D eigenvalue weighted by Gasteiger charge is -2.14. The molecule has 1 rings (SSSR count). The van der Waals surface area contributed by atoms with Crippen LogP contribution in [0.15, 0.2) is 6.33 Å². The fourth-order valence-electron chi connectivity index (χ4n) is 1.59. The Bertz CT molecular complexity index is 280. The maximum Gasteiger partial charge on any atom is 0.138 e. The zero-order valence-corrected chi connectivity index (χ0v) is 10.2. The molecule has 0 radical (unpaired) electrons. The minimum absolute atomic E-state index is 0.390. The average molecular weight is 210 g/mol. The van der Waals surface area contributed by atoms with Crippen molar-refractivity contribution in [3.63, 3.8) is 0 Å². The molecule has 0 spiro atoms. The number of rotatable bonds is 6. The van der Waals surface area contributed by atoms with Crippen LogP contribution in [-0.2, 0) is 6.42 Å². The van der Waals surface area contributed by atoms with Gasteiger partial charge in [-0.25, -0.2) is 9.67 Å². The lowest BCUT2D eigenvalue weighted by atomic mass is 10.2. The van der Waals surface area contributed by atoms with Crippen LogP contribution < -0.4 is 5.32 Å². The minimum atomic E-state index is 0.390. The molecule has 0 aliphatic heterocycles. The van der Waals surface area contributed by atoms with Gasteiger partial charge < -0.3 is 5.32 Å². The van der Waals surface area contributed by atoms with E-state index in [0.29, 0.717) is 12.1 Å². The van der Waals surface area contributed by atoms with Gasteiger partial charge in [0, 0.05) is 18.5 Å². The van der Waals surface area contributed by atoms with E-state index < -0.39 is 0 Å². The first kappa shape index (κ1) is 12.2. The highest BCUT2D eigenvalue weighted by Crippen LogP contribution is 2.07. The summed E-state index contributed by atoms with van der Waals surface area (Å²) < 4.78 is 1.99. The van der Waals surface area contributed by atoms with Crippen molar-refractivity contribution >= 4 is 0 Å². The van der Waals surface area contributed by atoms with E-state index in [1.165, 1.54) is 6.42 Å². The van der Waals surface area contributed by atoms with Gasteiger partial charge in [0.25, 0.3) is 0 Å². The minimum Gasteiger partial charge on any atom is -0.314 e. The number of hydrogen-bond acceptors (Lipinski definition) is 3. The topological polar surface area (TPSA) is 42.7 Å². The summed E-state index contributed by atoms with van der Waals surface area (Å²) in [5.41, 5.74) is 0. The van der Waals surface area contributed by atoms with E-state index in [2.05, 4.69) is 43.1 Å². The van der Waals surface area contributed by atoms with Crippen molar-refractivity contribution in [1.82, 2.24) is 20.1 Å². The third-order valence-electron chi connectivity index (χ3n) is 2.37. The molecule has 0 aromatic carbocycles. The molecular weight excluding hydrogens is 188 g/mol. The van der Waals surface area contributed by atoms with Gasteiger partial charge in [0.1, 0.15) is 12.2 Å². The zero-order chi connectivity index (χ0) is 11.3. The summed E-state index contributed by atoms with van der Waals surface area (Å²) in [4.78, 5) is 4.30. The first-order valence-corrected chi connectivity index (χ1v) is 5.76. The van der Waals surface area contributed by atoms with E-state index in [9.17, 15) is 0 Å². The van der Waals surface area contributed by atoms with Crippen LogP contribution in [0, 0.1) is 0 Å². The van der Waals surface area contributed by atoms with Gasteiger partial charge in [-0.05, 0) is 33.7 Å². The molecule has 0 bridgehead atoms. The lowest BCUT2D eigenvalue weighted by molar-refractivity contribution is 0.470. The van der Waals surface area contributed by atoms with Gasteiger partial charge in [-0.1, -0.05) is 6.92 Å². The maximum atomic E-state index is 4.30. The second-order valence-electron chi connectivity index (χ2n) is 4.27. The second kappa shape index (κ2) is 5.85. The highest BCUT2D eigenvalue weighted by atomic mass is 15.3. The number of nitrogens with zero attached hydrogens (tertiary/aromatic N) is 3. The molecule has 86 valence electrons. The van der Waals surface area contributed by atoms with E-state index in [1.807, 2.05) is 4.68 Å². The highest BCUT2D eigenvalue weighted by Gasteiger charge is 2.10. The van der Waals surface area contributed by atoms with Gasteiger partial charge >= 0.3 is 0 Å². The molecule has 1 heterocycles. The number of aromatic nitrogens is 3. The summed E-state index contributed by atoms with van der Waals surface area (Å²) in [5, 5.41) is 7.68. The van der Waals surface area contributed by atoms with Crippen molar-refractivity contribution in [3.05, 3.63) is 12.2 Å². The normalized spacial score (nSPS) is 13.4. The Morgan fingerprint density at radius 3 is 2.73 bits per heavy atom. The molecule has 1 unspecified atom stereocenters. The van der Waals surface area contributed by atoms with Crippen molar-refractivity contribution in [2.75, 3.05) is 6.54 Å². The Hall–Kier alpha value is -0.900. The quantitative estimate of drug-likeness (QED) is 0.778. The third kappa shape index (κ3) is 3.63.